The Kier molecular flexibility index (Phi) is 6.50. The summed E-state index contributed by atoms with van der Waals surface area (Å²) in [7, 11) is 0. The lowest BCUT2D eigenvalue weighted by Gasteiger charge is -2.26. The molecule has 0 radical (unpaired) electrons. The van der Waals surface area contributed by atoms with Crippen LogP contribution in [0.3, 0.4) is 0 Å². The van der Waals surface area contributed by atoms with Gasteiger partial charge in [-0.05, 0) is 42.8 Å². The third-order valence-corrected chi connectivity index (χ3v) is 4.31. The Labute approximate surface area is 182 Å². The van der Waals surface area contributed by atoms with Crippen molar-refractivity contribution in [2.75, 3.05) is 18.1 Å². The molecule has 10 heteroatoms. The largest absolute Gasteiger partial charge is 0.490 e. The first kappa shape index (κ1) is 22.0. The molecule has 0 spiro atoms. The summed E-state index contributed by atoms with van der Waals surface area (Å²) in [6.45, 7) is 2.16. The first-order valence-corrected chi connectivity index (χ1v) is 9.34. The Balaban J connectivity index is 1.96. The molecule has 1 saturated heterocycles. The van der Waals surface area contributed by atoms with E-state index in [1.807, 2.05) is 0 Å². The van der Waals surface area contributed by atoms with Crippen LogP contribution in [0, 0.1) is 22.5 Å². The van der Waals surface area contributed by atoms with Crippen LogP contribution in [0.1, 0.15) is 12.5 Å². The molecular weight excluding hydrogens is 418 g/mol. The number of amides is 4. The Morgan fingerprint density at radius 1 is 1.12 bits per heavy atom. The van der Waals surface area contributed by atoms with Crippen molar-refractivity contribution in [1.29, 1.82) is 0 Å². The van der Waals surface area contributed by atoms with Crippen molar-refractivity contribution in [3.8, 4) is 23.8 Å². The van der Waals surface area contributed by atoms with Gasteiger partial charge in [-0.15, -0.1) is 6.42 Å². The summed E-state index contributed by atoms with van der Waals surface area (Å²) in [5, 5.41) is 12.9. The van der Waals surface area contributed by atoms with E-state index in [-0.39, 0.29) is 23.6 Å². The van der Waals surface area contributed by atoms with Crippen molar-refractivity contribution >= 4 is 35.3 Å². The number of urea groups is 1. The van der Waals surface area contributed by atoms with E-state index in [9.17, 15) is 24.5 Å². The Morgan fingerprint density at radius 2 is 1.84 bits per heavy atom. The second-order valence-electron chi connectivity index (χ2n) is 6.36. The monoisotopic (exact) mass is 435 g/mol. The van der Waals surface area contributed by atoms with Crippen LogP contribution in [0.4, 0.5) is 16.2 Å². The van der Waals surface area contributed by atoms with E-state index in [1.54, 1.807) is 25.1 Å². The van der Waals surface area contributed by atoms with Crippen molar-refractivity contribution in [2.45, 2.75) is 6.92 Å². The van der Waals surface area contributed by atoms with Gasteiger partial charge in [-0.1, -0.05) is 12.0 Å². The van der Waals surface area contributed by atoms with Gasteiger partial charge in [0.1, 0.15) is 12.2 Å². The molecule has 2 aromatic rings. The second kappa shape index (κ2) is 9.44. The van der Waals surface area contributed by atoms with Crippen molar-refractivity contribution in [3.05, 3.63) is 63.7 Å². The molecule has 1 aliphatic rings. The molecule has 1 aliphatic heterocycles. The molecule has 32 heavy (non-hydrogen) atoms. The molecule has 4 amide bonds. The standard InChI is InChI=1S/C22H17N3O7/c1-3-11-32-18-10-5-14(13-19(18)31-4-2)12-17-20(26)23-22(28)24(21(17)27)15-6-8-16(9-7-15)25(29)30/h1,5-10,12-13H,4,11H2,2H3,(H,23,26,28). The molecular formula is C22H17N3O7. The van der Waals surface area contributed by atoms with Crippen LogP contribution in [0.15, 0.2) is 48.0 Å². The van der Waals surface area contributed by atoms with Crippen molar-refractivity contribution < 1.29 is 28.8 Å². The molecule has 0 aromatic heterocycles. The van der Waals surface area contributed by atoms with Crippen LogP contribution >= 0.6 is 0 Å². The maximum atomic E-state index is 13.0. The van der Waals surface area contributed by atoms with Gasteiger partial charge in [0, 0.05) is 12.1 Å². The average molecular weight is 435 g/mol. The van der Waals surface area contributed by atoms with E-state index < -0.39 is 22.8 Å². The third-order valence-electron chi connectivity index (χ3n) is 4.31. The van der Waals surface area contributed by atoms with Crippen LogP contribution < -0.4 is 19.7 Å². The minimum absolute atomic E-state index is 0.0354. The predicted octanol–water partition coefficient (Wildman–Crippen LogP) is 2.67. The van der Waals surface area contributed by atoms with Crippen molar-refractivity contribution in [3.63, 3.8) is 0 Å². The van der Waals surface area contributed by atoms with Crippen LogP contribution in [0.5, 0.6) is 11.5 Å². The topological polar surface area (TPSA) is 128 Å². The molecule has 1 heterocycles. The number of terminal acetylenes is 1. The smallest absolute Gasteiger partial charge is 0.335 e. The van der Waals surface area contributed by atoms with Crippen LogP contribution in [0.2, 0.25) is 0 Å². The van der Waals surface area contributed by atoms with Crippen LogP contribution in [-0.4, -0.2) is 36.0 Å². The number of rotatable bonds is 7. The van der Waals surface area contributed by atoms with Crippen LogP contribution in [-0.2, 0) is 9.59 Å². The highest BCUT2D eigenvalue weighted by atomic mass is 16.6. The lowest BCUT2D eigenvalue weighted by atomic mass is 10.1. The normalized spacial score (nSPS) is 14.7. The molecule has 2 aromatic carbocycles. The number of barbiturate groups is 1. The quantitative estimate of drug-likeness (QED) is 0.233. The number of nitrogens with zero attached hydrogens (tertiary/aromatic N) is 2. The number of ether oxygens (including phenoxy) is 2. The molecule has 10 nitrogen and oxygen atoms in total. The number of hydrogen-bond donors (Lipinski definition) is 1. The zero-order valence-electron chi connectivity index (χ0n) is 16.9. The van der Waals surface area contributed by atoms with E-state index in [0.29, 0.717) is 23.7 Å². The molecule has 0 saturated carbocycles. The predicted molar refractivity (Wildman–Crippen MR) is 114 cm³/mol. The maximum Gasteiger partial charge on any atom is 0.335 e. The van der Waals surface area contributed by atoms with Gasteiger partial charge in [-0.3, -0.25) is 25.0 Å². The fraction of sp³-hybridized carbons (Fsp3) is 0.136. The first-order valence-electron chi connectivity index (χ1n) is 9.34. The Hall–Kier alpha value is -4.65. The summed E-state index contributed by atoms with van der Waals surface area (Å²) in [4.78, 5) is 48.5. The van der Waals surface area contributed by atoms with Gasteiger partial charge in [0.2, 0.25) is 0 Å². The molecule has 3 rings (SSSR count). The Morgan fingerprint density at radius 3 is 2.47 bits per heavy atom. The highest BCUT2D eigenvalue weighted by molar-refractivity contribution is 6.39. The van der Waals surface area contributed by atoms with Gasteiger partial charge in [0.15, 0.2) is 11.5 Å². The first-order chi connectivity index (χ1) is 15.3. The molecule has 0 unspecified atom stereocenters. The van der Waals surface area contributed by atoms with Gasteiger partial charge in [-0.2, -0.15) is 0 Å². The number of anilines is 1. The summed E-state index contributed by atoms with van der Waals surface area (Å²) in [6, 6.07) is 8.57. The summed E-state index contributed by atoms with van der Waals surface area (Å²) in [5.41, 5.74) is 0.00583. The van der Waals surface area contributed by atoms with Gasteiger partial charge in [0.05, 0.1) is 17.2 Å². The average Bonchev–Trinajstić information content (AvgIpc) is 2.76. The highest BCUT2D eigenvalue weighted by Crippen LogP contribution is 2.30. The summed E-state index contributed by atoms with van der Waals surface area (Å²) >= 11 is 0. The molecule has 162 valence electrons. The number of nitro benzene ring substituents is 1. The summed E-state index contributed by atoms with van der Waals surface area (Å²) < 4.78 is 10.9. The maximum absolute atomic E-state index is 13.0. The van der Waals surface area contributed by atoms with E-state index in [2.05, 4.69) is 11.2 Å². The molecule has 0 bridgehead atoms. The van der Waals surface area contributed by atoms with Gasteiger partial charge < -0.3 is 9.47 Å². The number of benzene rings is 2. The number of carbonyl (C=O) groups excluding carboxylic acids is 3. The highest BCUT2D eigenvalue weighted by Gasteiger charge is 2.37. The fourth-order valence-corrected chi connectivity index (χ4v) is 2.90. The molecule has 1 N–H and O–H groups in total. The van der Waals surface area contributed by atoms with Crippen LogP contribution in [0.25, 0.3) is 6.08 Å². The third kappa shape index (κ3) is 4.57. The molecule has 1 fully saturated rings. The zero-order valence-corrected chi connectivity index (χ0v) is 16.9. The number of nitro groups is 1. The minimum Gasteiger partial charge on any atom is -0.490 e. The fourth-order valence-electron chi connectivity index (χ4n) is 2.90. The molecule has 0 aliphatic carbocycles. The van der Waals surface area contributed by atoms with Gasteiger partial charge >= 0.3 is 6.03 Å². The lowest BCUT2D eigenvalue weighted by molar-refractivity contribution is -0.384. The van der Waals surface area contributed by atoms with Crippen molar-refractivity contribution in [1.82, 2.24) is 5.32 Å². The van der Waals surface area contributed by atoms with E-state index in [1.165, 1.54) is 18.2 Å². The SMILES string of the molecule is C#CCOc1ccc(C=C2C(=O)NC(=O)N(c3ccc([N+](=O)[O-])cc3)C2=O)cc1OCC. The number of imide groups is 2. The number of nitrogens with one attached hydrogen (secondary N) is 1. The summed E-state index contributed by atoms with van der Waals surface area (Å²) in [6.07, 6.45) is 6.51. The number of carbonyl (C=O) groups is 3. The summed E-state index contributed by atoms with van der Waals surface area (Å²) in [5.74, 6) is 1.36. The number of hydrogen-bond acceptors (Lipinski definition) is 7. The van der Waals surface area contributed by atoms with Gasteiger partial charge in [0.25, 0.3) is 17.5 Å². The minimum atomic E-state index is -0.959. The van der Waals surface area contributed by atoms with E-state index in [4.69, 9.17) is 15.9 Å². The Bertz CT molecular complexity index is 1160. The van der Waals surface area contributed by atoms with E-state index in [0.717, 1.165) is 17.0 Å². The van der Waals surface area contributed by atoms with Gasteiger partial charge in [-0.25, -0.2) is 9.69 Å². The molecule has 0 atom stereocenters. The number of non-ortho nitro benzene ring substituents is 1. The second-order valence-corrected chi connectivity index (χ2v) is 6.36. The lowest BCUT2D eigenvalue weighted by Crippen LogP contribution is -2.54. The van der Waals surface area contributed by atoms with Crippen molar-refractivity contribution in [2.24, 2.45) is 0 Å². The van der Waals surface area contributed by atoms with E-state index >= 15 is 0 Å². The zero-order chi connectivity index (χ0) is 23.3.